The normalized spacial score (nSPS) is 11.9. The van der Waals surface area contributed by atoms with Crippen molar-refractivity contribution in [1.82, 2.24) is 23.7 Å². The second kappa shape index (κ2) is 11.0. The molecule has 0 saturated carbocycles. The van der Waals surface area contributed by atoms with E-state index < -0.39 is 0 Å². The molecule has 7 aromatic carbocycles. The van der Waals surface area contributed by atoms with Crippen molar-refractivity contribution < 1.29 is 0 Å². The first kappa shape index (κ1) is 28.8. The Morgan fingerprint density at radius 2 is 0.808 bits per heavy atom. The minimum Gasteiger partial charge on any atom is -0.309 e. The van der Waals surface area contributed by atoms with Gasteiger partial charge in [-0.05, 0) is 55.5 Å². The van der Waals surface area contributed by atoms with Crippen molar-refractivity contribution in [2.75, 3.05) is 0 Å². The van der Waals surface area contributed by atoms with Crippen LogP contribution in [0.15, 0.2) is 170 Å². The van der Waals surface area contributed by atoms with Gasteiger partial charge >= 0.3 is 0 Å². The Labute approximate surface area is 299 Å². The minimum absolute atomic E-state index is 0.624. The molecule has 244 valence electrons. The number of para-hydroxylation sites is 6. The Balaban J connectivity index is 1.27. The van der Waals surface area contributed by atoms with Crippen LogP contribution in [0.3, 0.4) is 0 Å². The van der Waals surface area contributed by atoms with Gasteiger partial charge in [0.05, 0.1) is 44.5 Å². The monoisotopic (exact) mass is 665 g/mol. The number of nitrogens with zero attached hydrogens (tertiary/aromatic N) is 5. The van der Waals surface area contributed by atoms with E-state index in [1.807, 2.05) is 0 Å². The Morgan fingerprint density at radius 3 is 1.38 bits per heavy atom. The second-order valence-corrected chi connectivity index (χ2v) is 13.5. The van der Waals surface area contributed by atoms with Crippen molar-refractivity contribution in [3.8, 4) is 28.7 Å². The first-order valence-electron chi connectivity index (χ1n) is 17.7. The van der Waals surface area contributed by atoms with Crippen molar-refractivity contribution in [3.63, 3.8) is 0 Å². The van der Waals surface area contributed by atoms with Gasteiger partial charge in [0.25, 0.3) is 0 Å². The molecule has 0 unspecified atom stereocenters. The molecule has 0 spiro atoms. The number of benzene rings is 7. The number of aromatic nitrogens is 5. The standard InChI is InChI=1S/C47H31N5/c1-30-26-27-45-37(28-30)35-18-6-8-20-39(35)50(45)44-25-13-7-19-36(44)38-29-46(51-40-21-9-2-14-31(40)32-15-3-10-22-41(32)51)49-47(48-38)52-42-23-11-4-16-33(42)34-17-5-12-24-43(34)52/h2-29H,1H3. The third-order valence-electron chi connectivity index (χ3n) is 10.5. The van der Waals surface area contributed by atoms with Crippen molar-refractivity contribution in [3.05, 3.63) is 175 Å². The van der Waals surface area contributed by atoms with Crippen LogP contribution in [0.1, 0.15) is 5.56 Å². The average Bonchev–Trinajstić information content (AvgIpc) is 3.83. The summed E-state index contributed by atoms with van der Waals surface area (Å²) in [6.07, 6.45) is 0. The molecule has 11 aromatic rings. The fourth-order valence-electron chi connectivity index (χ4n) is 8.31. The minimum atomic E-state index is 0.624. The highest BCUT2D eigenvalue weighted by atomic mass is 15.2. The SMILES string of the molecule is Cc1ccc2c(c1)c1ccccc1n2-c1ccccc1-c1cc(-n2c3ccccc3c3ccccc32)nc(-n2c3ccccc3c3ccccc32)n1. The van der Waals surface area contributed by atoms with Gasteiger partial charge in [-0.15, -0.1) is 0 Å². The lowest BCUT2D eigenvalue weighted by molar-refractivity contribution is 0.951. The molecule has 0 amide bonds. The summed E-state index contributed by atoms with van der Waals surface area (Å²) >= 11 is 0. The molecule has 4 aromatic heterocycles. The molecule has 0 bridgehead atoms. The summed E-state index contributed by atoms with van der Waals surface area (Å²) in [6.45, 7) is 2.16. The molecular weight excluding hydrogens is 635 g/mol. The lowest BCUT2D eigenvalue weighted by atomic mass is 10.1. The van der Waals surface area contributed by atoms with Crippen LogP contribution in [0.2, 0.25) is 0 Å². The van der Waals surface area contributed by atoms with Crippen LogP contribution in [-0.4, -0.2) is 23.7 Å². The van der Waals surface area contributed by atoms with Crippen molar-refractivity contribution in [2.24, 2.45) is 0 Å². The molecule has 0 radical (unpaired) electrons. The van der Waals surface area contributed by atoms with E-state index in [9.17, 15) is 0 Å². The summed E-state index contributed by atoms with van der Waals surface area (Å²) in [5, 5.41) is 7.20. The van der Waals surface area contributed by atoms with Gasteiger partial charge in [0.2, 0.25) is 5.95 Å². The summed E-state index contributed by atoms with van der Waals surface area (Å²) in [4.78, 5) is 10.9. The van der Waals surface area contributed by atoms with Gasteiger partial charge in [-0.25, -0.2) is 4.98 Å². The maximum atomic E-state index is 5.49. The molecule has 11 rings (SSSR count). The third kappa shape index (κ3) is 4.11. The largest absolute Gasteiger partial charge is 0.309 e. The van der Waals surface area contributed by atoms with E-state index in [1.54, 1.807) is 0 Å². The summed E-state index contributed by atoms with van der Waals surface area (Å²) < 4.78 is 6.90. The van der Waals surface area contributed by atoms with Crippen LogP contribution >= 0.6 is 0 Å². The average molecular weight is 666 g/mol. The van der Waals surface area contributed by atoms with Crippen LogP contribution in [-0.2, 0) is 0 Å². The van der Waals surface area contributed by atoms with E-state index in [0.29, 0.717) is 5.95 Å². The number of hydrogen-bond donors (Lipinski definition) is 0. The topological polar surface area (TPSA) is 40.6 Å². The first-order chi connectivity index (χ1) is 25.7. The van der Waals surface area contributed by atoms with Gasteiger partial charge in [-0.3, -0.25) is 9.13 Å². The number of rotatable bonds is 4. The predicted octanol–water partition coefficient (Wildman–Crippen LogP) is 11.7. The molecule has 52 heavy (non-hydrogen) atoms. The molecule has 0 aliphatic carbocycles. The lowest BCUT2D eigenvalue weighted by Crippen LogP contribution is -2.08. The van der Waals surface area contributed by atoms with Crippen molar-refractivity contribution in [2.45, 2.75) is 6.92 Å². The van der Waals surface area contributed by atoms with E-state index in [-0.39, 0.29) is 0 Å². The fourth-order valence-corrected chi connectivity index (χ4v) is 8.31. The highest BCUT2D eigenvalue weighted by molar-refractivity contribution is 6.11. The molecule has 4 heterocycles. The lowest BCUT2D eigenvalue weighted by Gasteiger charge is -2.17. The van der Waals surface area contributed by atoms with Crippen molar-refractivity contribution in [1.29, 1.82) is 0 Å². The smallest absolute Gasteiger partial charge is 0.237 e. The van der Waals surface area contributed by atoms with E-state index in [2.05, 4.69) is 190 Å². The highest BCUT2D eigenvalue weighted by Gasteiger charge is 2.21. The van der Waals surface area contributed by atoms with Crippen LogP contribution < -0.4 is 0 Å². The van der Waals surface area contributed by atoms with Gasteiger partial charge in [-0.2, -0.15) is 4.98 Å². The zero-order chi connectivity index (χ0) is 34.3. The highest BCUT2D eigenvalue weighted by Crippen LogP contribution is 2.39. The zero-order valence-electron chi connectivity index (χ0n) is 28.4. The number of aryl methyl sites for hydroxylation is 1. The van der Waals surface area contributed by atoms with E-state index in [1.165, 1.54) is 43.4 Å². The molecule has 0 N–H and O–H groups in total. The van der Waals surface area contributed by atoms with Gasteiger partial charge in [-0.1, -0.05) is 121 Å². The summed E-state index contributed by atoms with van der Waals surface area (Å²) in [6, 6.07) is 60.5. The quantitative estimate of drug-likeness (QED) is 0.188. The van der Waals surface area contributed by atoms with Crippen LogP contribution in [0.4, 0.5) is 0 Å². The number of hydrogen-bond acceptors (Lipinski definition) is 2. The third-order valence-corrected chi connectivity index (χ3v) is 10.5. The summed E-state index contributed by atoms with van der Waals surface area (Å²) in [7, 11) is 0. The summed E-state index contributed by atoms with van der Waals surface area (Å²) in [5.74, 6) is 1.44. The van der Waals surface area contributed by atoms with Crippen LogP contribution in [0.25, 0.3) is 94.1 Å². The van der Waals surface area contributed by atoms with E-state index in [0.717, 1.165) is 50.3 Å². The van der Waals surface area contributed by atoms with Crippen LogP contribution in [0, 0.1) is 6.92 Å². The molecule has 5 heteroatoms. The number of fused-ring (bicyclic) bond motifs is 9. The molecule has 0 fully saturated rings. The van der Waals surface area contributed by atoms with Crippen molar-refractivity contribution >= 4 is 65.4 Å². The fraction of sp³-hybridized carbons (Fsp3) is 0.0213. The molecular formula is C47H31N5. The predicted molar refractivity (Wildman–Crippen MR) is 215 cm³/mol. The van der Waals surface area contributed by atoms with Gasteiger partial charge in [0.15, 0.2) is 0 Å². The second-order valence-electron chi connectivity index (χ2n) is 13.5. The maximum absolute atomic E-state index is 5.49. The van der Waals surface area contributed by atoms with E-state index in [4.69, 9.17) is 9.97 Å². The Morgan fingerprint density at radius 1 is 0.365 bits per heavy atom. The Hall–Kier alpha value is -6.98. The molecule has 0 aliphatic heterocycles. The molecule has 0 saturated heterocycles. The zero-order valence-corrected chi connectivity index (χ0v) is 28.4. The van der Waals surface area contributed by atoms with Gasteiger partial charge in [0.1, 0.15) is 5.82 Å². The van der Waals surface area contributed by atoms with Crippen LogP contribution in [0.5, 0.6) is 0 Å². The first-order valence-corrected chi connectivity index (χ1v) is 17.7. The summed E-state index contributed by atoms with van der Waals surface area (Å²) in [5.41, 5.74) is 10.9. The molecule has 0 aliphatic rings. The Bertz CT molecular complexity index is 2970. The Kier molecular flexibility index (Phi) is 6.10. The van der Waals surface area contributed by atoms with Gasteiger partial charge < -0.3 is 4.57 Å². The molecule has 5 nitrogen and oxygen atoms in total. The van der Waals surface area contributed by atoms with E-state index >= 15 is 0 Å². The maximum Gasteiger partial charge on any atom is 0.237 e. The molecule has 0 atom stereocenters. The van der Waals surface area contributed by atoms with Gasteiger partial charge in [0, 0.05) is 43.9 Å².